The SMILES string of the molecule is COCC1(C(=O)Nc2ccc(Br)c(F)c2)CCNC1. The Morgan fingerprint density at radius 1 is 1.63 bits per heavy atom. The van der Waals surface area contributed by atoms with Crippen molar-refractivity contribution in [2.75, 3.05) is 32.1 Å². The molecule has 6 heteroatoms. The van der Waals surface area contributed by atoms with Gasteiger partial charge in [-0.3, -0.25) is 4.79 Å². The third-order valence-corrected chi connectivity index (χ3v) is 3.97. The van der Waals surface area contributed by atoms with Gasteiger partial charge in [0.1, 0.15) is 5.82 Å². The molecule has 19 heavy (non-hydrogen) atoms. The molecule has 2 N–H and O–H groups in total. The van der Waals surface area contributed by atoms with Crippen molar-refractivity contribution in [3.63, 3.8) is 0 Å². The summed E-state index contributed by atoms with van der Waals surface area (Å²) in [5.74, 6) is -0.538. The highest BCUT2D eigenvalue weighted by molar-refractivity contribution is 9.10. The van der Waals surface area contributed by atoms with Gasteiger partial charge < -0.3 is 15.4 Å². The Morgan fingerprint density at radius 3 is 3.00 bits per heavy atom. The van der Waals surface area contributed by atoms with Crippen molar-refractivity contribution in [2.45, 2.75) is 6.42 Å². The number of amides is 1. The van der Waals surface area contributed by atoms with Crippen LogP contribution in [0.15, 0.2) is 22.7 Å². The molecule has 0 radical (unpaired) electrons. The molecule has 1 saturated heterocycles. The van der Waals surface area contributed by atoms with Crippen LogP contribution in [0.5, 0.6) is 0 Å². The van der Waals surface area contributed by atoms with Gasteiger partial charge >= 0.3 is 0 Å². The van der Waals surface area contributed by atoms with Crippen LogP contribution in [0.2, 0.25) is 0 Å². The lowest BCUT2D eigenvalue weighted by Crippen LogP contribution is -2.41. The summed E-state index contributed by atoms with van der Waals surface area (Å²) in [4.78, 5) is 12.4. The molecule has 1 aliphatic heterocycles. The number of anilines is 1. The third kappa shape index (κ3) is 3.13. The first kappa shape index (κ1) is 14.4. The van der Waals surface area contributed by atoms with Gasteiger partial charge in [-0.2, -0.15) is 0 Å². The van der Waals surface area contributed by atoms with E-state index in [4.69, 9.17) is 4.74 Å². The first-order valence-electron chi connectivity index (χ1n) is 6.03. The monoisotopic (exact) mass is 330 g/mol. The van der Waals surface area contributed by atoms with E-state index < -0.39 is 11.2 Å². The fourth-order valence-electron chi connectivity index (χ4n) is 2.24. The van der Waals surface area contributed by atoms with Crippen LogP contribution >= 0.6 is 15.9 Å². The summed E-state index contributed by atoms with van der Waals surface area (Å²) < 4.78 is 18.9. The Balaban J connectivity index is 2.12. The smallest absolute Gasteiger partial charge is 0.234 e. The van der Waals surface area contributed by atoms with Crippen LogP contribution in [-0.4, -0.2) is 32.7 Å². The van der Waals surface area contributed by atoms with Crippen molar-refractivity contribution in [1.82, 2.24) is 5.32 Å². The van der Waals surface area contributed by atoms with E-state index in [1.54, 1.807) is 19.2 Å². The highest BCUT2D eigenvalue weighted by Crippen LogP contribution is 2.28. The molecule has 1 amide bonds. The molecule has 1 aromatic carbocycles. The average Bonchev–Trinajstić information content (AvgIpc) is 2.84. The van der Waals surface area contributed by atoms with Gasteiger partial charge in [-0.1, -0.05) is 0 Å². The number of ether oxygens (including phenoxy) is 1. The van der Waals surface area contributed by atoms with Gasteiger partial charge in [0.25, 0.3) is 0 Å². The molecular formula is C13H16BrFN2O2. The second-order valence-corrected chi connectivity index (χ2v) is 5.58. The van der Waals surface area contributed by atoms with Crippen LogP contribution in [0.3, 0.4) is 0 Å². The second-order valence-electron chi connectivity index (χ2n) is 4.72. The Bertz CT molecular complexity index is 476. The Labute approximate surface area is 119 Å². The van der Waals surface area contributed by atoms with Gasteiger partial charge in [-0.05, 0) is 47.1 Å². The van der Waals surface area contributed by atoms with Crippen LogP contribution < -0.4 is 10.6 Å². The second kappa shape index (κ2) is 5.98. The lowest BCUT2D eigenvalue weighted by molar-refractivity contribution is -0.127. The van der Waals surface area contributed by atoms with Crippen molar-refractivity contribution in [1.29, 1.82) is 0 Å². The molecular weight excluding hydrogens is 315 g/mol. The van der Waals surface area contributed by atoms with Crippen molar-refractivity contribution in [3.8, 4) is 0 Å². The minimum absolute atomic E-state index is 0.138. The Kier molecular flexibility index (Phi) is 4.54. The van der Waals surface area contributed by atoms with E-state index in [0.29, 0.717) is 29.7 Å². The van der Waals surface area contributed by atoms with Crippen molar-refractivity contribution < 1.29 is 13.9 Å². The summed E-state index contributed by atoms with van der Waals surface area (Å²) in [6.07, 6.45) is 0.714. The molecule has 0 saturated carbocycles. The quantitative estimate of drug-likeness (QED) is 0.889. The van der Waals surface area contributed by atoms with E-state index in [2.05, 4.69) is 26.6 Å². The molecule has 0 bridgehead atoms. The first-order valence-corrected chi connectivity index (χ1v) is 6.83. The topological polar surface area (TPSA) is 50.4 Å². The normalized spacial score (nSPS) is 22.5. The van der Waals surface area contributed by atoms with E-state index in [0.717, 1.165) is 6.54 Å². The third-order valence-electron chi connectivity index (χ3n) is 3.32. The number of benzene rings is 1. The lowest BCUT2D eigenvalue weighted by Gasteiger charge is -2.25. The van der Waals surface area contributed by atoms with E-state index in [-0.39, 0.29) is 5.91 Å². The molecule has 4 nitrogen and oxygen atoms in total. The number of halogens is 2. The molecule has 1 heterocycles. The fraction of sp³-hybridized carbons (Fsp3) is 0.462. The zero-order valence-corrected chi connectivity index (χ0v) is 12.2. The molecule has 1 atom stereocenters. The van der Waals surface area contributed by atoms with Gasteiger partial charge in [-0.15, -0.1) is 0 Å². The maximum absolute atomic E-state index is 13.4. The minimum atomic E-state index is -0.571. The minimum Gasteiger partial charge on any atom is -0.384 e. The maximum atomic E-state index is 13.4. The van der Waals surface area contributed by atoms with Crippen LogP contribution in [-0.2, 0) is 9.53 Å². The molecule has 0 aromatic heterocycles. The zero-order valence-electron chi connectivity index (χ0n) is 10.6. The first-order chi connectivity index (χ1) is 9.07. The summed E-state index contributed by atoms with van der Waals surface area (Å²) in [7, 11) is 1.58. The summed E-state index contributed by atoms with van der Waals surface area (Å²) in [5, 5.41) is 5.92. The van der Waals surface area contributed by atoms with Crippen LogP contribution in [0.25, 0.3) is 0 Å². The molecule has 0 spiro atoms. The van der Waals surface area contributed by atoms with Gasteiger partial charge in [0.2, 0.25) is 5.91 Å². The lowest BCUT2D eigenvalue weighted by atomic mass is 9.87. The summed E-state index contributed by atoms with van der Waals surface area (Å²) in [6.45, 7) is 1.71. The number of nitrogens with one attached hydrogen (secondary N) is 2. The number of carbonyl (C=O) groups is 1. The van der Waals surface area contributed by atoms with E-state index >= 15 is 0 Å². The van der Waals surface area contributed by atoms with Crippen LogP contribution in [0, 0.1) is 11.2 Å². The fourth-order valence-corrected chi connectivity index (χ4v) is 2.49. The molecule has 1 fully saturated rings. The average molecular weight is 331 g/mol. The highest BCUT2D eigenvalue weighted by Gasteiger charge is 2.41. The Morgan fingerprint density at radius 2 is 2.42 bits per heavy atom. The van der Waals surface area contributed by atoms with Crippen molar-refractivity contribution >= 4 is 27.5 Å². The van der Waals surface area contributed by atoms with Gasteiger partial charge in [0, 0.05) is 19.3 Å². The van der Waals surface area contributed by atoms with Crippen LogP contribution in [0.4, 0.5) is 10.1 Å². The number of methoxy groups -OCH3 is 1. The molecule has 1 unspecified atom stereocenters. The van der Waals surface area contributed by atoms with E-state index in [9.17, 15) is 9.18 Å². The summed E-state index contributed by atoms with van der Waals surface area (Å²) in [6, 6.07) is 4.53. The number of carbonyl (C=O) groups excluding carboxylic acids is 1. The summed E-state index contributed by atoms with van der Waals surface area (Å²) in [5.41, 5.74) is -0.119. The molecule has 2 rings (SSSR count). The zero-order chi connectivity index (χ0) is 13.9. The maximum Gasteiger partial charge on any atom is 0.234 e. The van der Waals surface area contributed by atoms with Crippen LogP contribution in [0.1, 0.15) is 6.42 Å². The predicted molar refractivity (Wildman–Crippen MR) is 74.5 cm³/mol. The molecule has 0 aliphatic carbocycles. The molecule has 1 aromatic rings. The number of hydrogen-bond donors (Lipinski definition) is 2. The standard InChI is InChI=1S/C13H16BrFN2O2/c1-19-8-13(4-5-16-7-13)12(18)17-9-2-3-10(14)11(15)6-9/h2-3,6,16H,4-5,7-8H2,1H3,(H,17,18). The van der Waals surface area contributed by atoms with Gasteiger partial charge in [-0.25, -0.2) is 4.39 Å². The van der Waals surface area contributed by atoms with Gasteiger partial charge in [0.15, 0.2) is 0 Å². The molecule has 1 aliphatic rings. The van der Waals surface area contributed by atoms with E-state index in [1.165, 1.54) is 6.07 Å². The highest BCUT2D eigenvalue weighted by atomic mass is 79.9. The number of rotatable bonds is 4. The van der Waals surface area contributed by atoms with Crippen molar-refractivity contribution in [3.05, 3.63) is 28.5 Å². The molecule has 104 valence electrons. The number of hydrogen-bond acceptors (Lipinski definition) is 3. The predicted octanol–water partition coefficient (Wildman–Crippen LogP) is 2.15. The summed E-state index contributed by atoms with van der Waals surface area (Å²) >= 11 is 3.08. The largest absolute Gasteiger partial charge is 0.384 e. The van der Waals surface area contributed by atoms with E-state index in [1.807, 2.05) is 0 Å². The van der Waals surface area contributed by atoms with Gasteiger partial charge in [0.05, 0.1) is 16.5 Å². The Hall–Kier alpha value is -0.980. The van der Waals surface area contributed by atoms with Crippen molar-refractivity contribution in [2.24, 2.45) is 5.41 Å².